The summed E-state index contributed by atoms with van der Waals surface area (Å²) in [5.74, 6) is -0.420. The number of halogens is 1. The number of hydrogen-bond acceptors (Lipinski definition) is 5. The summed E-state index contributed by atoms with van der Waals surface area (Å²) in [6.07, 6.45) is 3.67. The number of piperidine rings is 1. The van der Waals surface area contributed by atoms with Gasteiger partial charge < -0.3 is 5.32 Å². The summed E-state index contributed by atoms with van der Waals surface area (Å²) in [5, 5.41) is 5.57. The normalized spacial score (nSPS) is 21.8. The first-order chi connectivity index (χ1) is 15.0. The van der Waals surface area contributed by atoms with Crippen LogP contribution in [0, 0.1) is 5.92 Å². The number of benzene rings is 1. The number of rotatable bonds is 7. The van der Waals surface area contributed by atoms with Gasteiger partial charge in [-0.15, -0.1) is 11.3 Å². The van der Waals surface area contributed by atoms with Crippen molar-refractivity contribution in [1.29, 1.82) is 0 Å². The van der Waals surface area contributed by atoms with Crippen molar-refractivity contribution < 1.29 is 13.2 Å². The zero-order chi connectivity index (χ0) is 21.8. The van der Waals surface area contributed by atoms with Gasteiger partial charge in [0.1, 0.15) is 4.21 Å². The zero-order valence-corrected chi connectivity index (χ0v) is 19.8. The highest BCUT2D eigenvalue weighted by Gasteiger charge is 2.34. The first-order valence-corrected chi connectivity index (χ1v) is 13.5. The SMILES string of the molecule is O=C(NCC(c1ccccc1Cl)N1CCCC1)C1CCCN(S(=O)(=O)c2cccs2)C1. The third-order valence-corrected chi connectivity index (χ3v) is 9.74. The topological polar surface area (TPSA) is 69.7 Å². The molecule has 2 atom stereocenters. The minimum Gasteiger partial charge on any atom is -0.354 e. The maximum Gasteiger partial charge on any atom is 0.252 e. The standard InChI is InChI=1S/C22H28ClN3O3S2/c23-19-9-2-1-8-18(19)20(25-11-3-4-12-25)15-24-22(27)17-7-5-13-26(16-17)31(28,29)21-10-6-14-30-21/h1-2,6,8-10,14,17,20H,3-5,7,11-13,15-16H2,(H,24,27). The molecule has 2 saturated heterocycles. The van der Waals surface area contributed by atoms with E-state index in [1.807, 2.05) is 24.3 Å². The number of hydrogen-bond donors (Lipinski definition) is 1. The maximum absolute atomic E-state index is 13.0. The van der Waals surface area contributed by atoms with Crippen molar-refractivity contribution in [2.45, 2.75) is 35.9 Å². The van der Waals surface area contributed by atoms with Crippen molar-refractivity contribution in [2.24, 2.45) is 5.92 Å². The molecule has 1 amide bonds. The number of carbonyl (C=O) groups is 1. The zero-order valence-electron chi connectivity index (χ0n) is 17.4. The van der Waals surface area contributed by atoms with Crippen molar-refractivity contribution in [2.75, 3.05) is 32.7 Å². The molecule has 2 fully saturated rings. The number of thiophene rings is 1. The quantitative estimate of drug-likeness (QED) is 0.653. The minimum atomic E-state index is -3.53. The van der Waals surface area contributed by atoms with Gasteiger partial charge in [-0.1, -0.05) is 35.9 Å². The first-order valence-electron chi connectivity index (χ1n) is 10.8. The molecule has 0 bridgehead atoms. The fraction of sp³-hybridized carbons (Fsp3) is 0.500. The number of likely N-dealkylation sites (tertiary alicyclic amines) is 1. The number of sulfonamides is 1. The molecule has 0 radical (unpaired) electrons. The smallest absolute Gasteiger partial charge is 0.252 e. The average Bonchev–Trinajstić information content (AvgIpc) is 3.50. The van der Waals surface area contributed by atoms with Gasteiger partial charge in [0.05, 0.1) is 12.0 Å². The fourth-order valence-electron chi connectivity index (χ4n) is 4.49. The molecule has 2 unspecified atom stereocenters. The molecule has 168 valence electrons. The van der Waals surface area contributed by atoms with Crippen LogP contribution in [0.5, 0.6) is 0 Å². The molecular weight excluding hydrogens is 454 g/mol. The van der Waals surface area contributed by atoms with Crippen molar-refractivity contribution in [3.63, 3.8) is 0 Å². The predicted molar refractivity (Wildman–Crippen MR) is 124 cm³/mol. The Morgan fingerprint density at radius 2 is 1.90 bits per heavy atom. The van der Waals surface area contributed by atoms with Crippen LogP contribution < -0.4 is 5.32 Å². The van der Waals surface area contributed by atoms with Crippen molar-refractivity contribution >= 4 is 38.9 Å². The van der Waals surface area contributed by atoms with Gasteiger partial charge >= 0.3 is 0 Å². The Balaban J connectivity index is 1.42. The second-order valence-corrected chi connectivity index (χ2v) is 11.7. The van der Waals surface area contributed by atoms with Crippen LogP contribution in [0.25, 0.3) is 0 Å². The molecule has 4 rings (SSSR count). The molecule has 0 aliphatic carbocycles. The Hall–Kier alpha value is -1.45. The maximum atomic E-state index is 13.0. The molecule has 9 heteroatoms. The first kappa shape index (κ1) is 22.7. The fourth-order valence-corrected chi connectivity index (χ4v) is 7.42. The summed E-state index contributed by atoms with van der Waals surface area (Å²) in [6, 6.07) is 11.2. The number of nitrogens with one attached hydrogen (secondary N) is 1. The van der Waals surface area contributed by atoms with Gasteiger partial charge in [0, 0.05) is 24.7 Å². The third-order valence-electron chi connectivity index (χ3n) is 6.16. The molecule has 0 spiro atoms. The predicted octanol–water partition coefficient (Wildman–Crippen LogP) is 3.76. The van der Waals surface area contributed by atoms with E-state index in [0.717, 1.165) is 31.5 Å². The van der Waals surface area contributed by atoms with E-state index >= 15 is 0 Å². The van der Waals surface area contributed by atoms with Crippen LogP contribution in [0.3, 0.4) is 0 Å². The molecule has 2 aliphatic heterocycles. The molecule has 0 saturated carbocycles. The molecule has 2 aromatic rings. The third kappa shape index (κ3) is 5.14. The molecule has 3 heterocycles. The van der Waals surface area contributed by atoms with Crippen LogP contribution in [0.1, 0.15) is 37.3 Å². The van der Waals surface area contributed by atoms with Gasteiger partial charge in [0.2, 0.25) is 5.91 Å². The molecule has 1 aromatic carbocycles. The van der Waals surface area contributed by atoms with Gasteiger partial charge in [0.25, 0.3) is 10.0 Å². The van der Waals surface area contributed by atoms with Crippen molar-refractivity contribution in [3.05, 3.63) is 52.4 Å². The Bertz CT molecular complexity index is 991. The number of carbonyl (C=O) groups excluding carboxylic acids is 1. The van der Waals surface area contributed by atoms with E-state index in [4.69, 9.17) is 11.6 Å². The molecular formula is C22H28ClN3O3S2. The molecule has 6 nitrogen and oxygen atoms in total. The van der Waals surface area contributed by atoms with Crippen LogP contribution in [-0.2, 0) is 14.8 Å². The summed E-state index contributed by atoms with van der Waals surface area (Å²) in [5.41, 5.74) is 1.02. The van der Waals surface area contributed by atoms with Gasteiger partial charge in [-0.2, -0.15) is 4.31 Å². The highest BCUT2D eigenvalue weighted by Crippen LogP contribution is 2.30. The van der Waals surface area contributed by atoms with Gasteiger partial charge in [-0.3, -0.25) is 9.69 Å². The highest BCUT2D eigenvalue weighted by molar-refractivity contribution is 7.91. The van der Waals surface area contributed by atoms with E-state index in [9.17, 15) is 13.2 Å². The lowest BCUT2D eigenvalue weighted by Crippen LogP contribution is -2.46. The minimum absolute atomic E-state index is 0.0229. The Morgan fingerprint density at radius 3 is 2.61 bits per heavy atom. The van der Waals surface area contributed by atoms with Crippen LogP contribution >= 0.6 is 22.9 Å². The largest absolute Gasteiger partial charge is 0.354 e. The second kappa shape index (κ2) is 10.0. The summed E-state index contributed by atoms with van der Waals surface area (Å²) in [6.45, 7) is 3.13. The number of nitrogens with zero attached hydrogens (tertiary/aromatic N) is 2. The van der Waals surface area contributed by atoms with E-state index in [0.29, 0.717) is 35.2 Å². The second-order valence-electron chi connectivity index (χ2n) is 8.16. The Labute approximate surface area is 193 Å². The van der Waals surface area contributed by atoms with E-state index < -0.39 is 10.0 Å². The summed E-state index contributed by atoms with van der Waals surface area (Å²) < 4.78 is 27.5. The van der Waals surface area contributed by atoms with E-state index in [2.05, 4.69) is 10.2 Å². The van der Waals surface area contributed by atoms with Crippen molar-refractivity contribution in [3.8, 4) is 0 Å². The number of amides is 1. The Kier molecular flexibility index (Phi) is 7.33. The summed E-state index contributed by atoms with van der Waals surface area (Å²) in [7, 11) is -3.53. The molecule has 2 aliphatic rings. The van der Waals surface area contributed by atoms with Crippen molar-refractivity contribution in [1.82, 2.24) is 14.5 Å². The highest BCUT2D eigenvalue weighted by atomic mass is 35.5. The van der Waals surface area contributed by atoms with Gasteiger partial charge in [0.15, 0.2) is 0 Å². The molecule has 1 N–H and O–H groups in total. The lowest BCUT2D eigenvalue weighted by molar-refractivity contribution is -0.126. The lowest BCUT2D eigenvalue weighted by atomic mass is 9.98. The van der Waals surface area contributed by atoms with Crippen LogP contribution in [0.4, 0.5) is 0 Å². The summed E-state index contributed by atoms with van der Waals surface area (Å²) in [4.78, 5) is 15.4. The monoisotopic (exact) mass is 481 g/mol. The van der Waals surface area contributed by atoms with Gasteiger partial charge in [-0.05, 0) is 61.8 Å². The van der Waals surface area contributed by atoms with Gasteiger partial charge in [-0.25, -0.2) is 8.42 Å². The van der Waals surface area contributed by atoms with E-state index in [1.165, 1.54) is 15.6 Å². The summed E-state index contributed by atoms with van der Waals surface area (Å²) >= 11 is 7.68. The lowest BCUT2D eigenvalue weighted by Gasteiger charge is -2.32. The molecule has 31 heavy (non-hydrogen) atoms. The van der Waals surface area contributed by atoms with E-state index in [1.54, 1.807) is 17.5 Å². The van der Waals surface area contributed by atoms with Crippen LogP contribution in [0.15, 0.2) is 46.0 Å². The Morgan fingerprint density at radius 1 is 1.13 bits per heavy atom. The average molecular weight is 482 g/mol. The van der Waals surface area contributed by atoms with Crippen LogP contribution in [0.2, 0.25) is 5.02 Å². The van der Waals surface area contributed by atoms with E-state index in [-0.39, 0.29) is 24.4 Å². The van der Waals surface area contributed by atoms with Crippen LogP contribution in [-0.4, -0.2) is 56.3 Å². The molecule has 1 aromatic heterocycles.